The van der Waals surface area contributed by atoms with E-state index in [0.29, 0.717) is 12.0 Å². The summed E-state index contributed by atoms with van der Waals surface area (Å²) in [6.45, 7) is 4.83. The molecule has 2 aromatic carbocycles. The molecule has 1 heteroatoms. The Labute approximate surface area is 122 Å². The lowest BCUT2D eigenvalue weighted by Gasteiger charge is -2.25. The van der Waals surface area contributed by atoms with E-state index in [1.165, 1.54) is 11.1 Å². The van der Waals surface area contributed by atoms with Gasteiger partial charge in [0, 0.05) is 12.0 Å². The van der Waals surface area contributed by atoms with Crippen LogP contribution in [0.1, 0.15) is 30.9 Å². The number of rotatable bonds is 5. The van der Waals surface area contributed by atoms with Gasteiger partial charge in [0.25, 0.3) is 0 Å². The summed E-state index contributed by atoms with van der Waals surface area (Å²) in [5.74, 6) is 6.35. The standard InChI is InChI=1S/C19H21N/c1-3-4-15-20-16(2)19(17-11-7-5-8-12-17)18-13-9-6-10-14-18/h5-14,16,19-20H,15H2,1-2H3. The Morgan fingerprint density at radius 2 is 1.40 bits per heavy atom. The van der Waals surface area contributed by atoms with Gasteiger partial charge in [-0.25, -0.2) is 0 Å². The van der Waals surface area contributed by atoms with Gasteiger partial charge in [0.15, 0.2) is 0 Å². The summed E-state index contributed by atoms with van der Waals surface area (Å²) in [5.41, 5.74) is 2.67. The molecule has 2 rings (SSSR count). The summed E-state index contributed by atoms with van der Waals surface area (Å²) in [6, 6.07) is 21.6. The first-order valence-electron chi connectivity index (χ1n) is 7.06. The molecule has 0 aromatic heterocycles. The minimum atomic E-state index is 0.334. The second kappa shape index (κ2) is 7.53. The number of benzene rings is 2. The Bertz CT molecular complexity index is 523. The van der Waals surface area contributed by atoms with Crippen LogP contribution in [0, 0.1) is 11.8 Å². The SMILES string of the molecule is CC#CCNC(C)C(c1ccccc1)c1ccccc1. The number of nitrogens with one attached hydrogen (secondary N) is 1. The van der Waals surface area contributed by atoms with E-state index in [9.17, 15) is 0 Å². The second-order valence-corrected chi connectivity index (χ2v) is 4.90. The molecular weight excluding hydrogens is 242 g/mol. The Hall–Kier alpha value is -2.04. The molecule has 0 bridgehead atoms. The third-order valence-electron chi connectivity index (χ3n) is 3.51. The molecule has 0 saturated carbocycles. The summed E-state index contributed by atoms with van der Waals surface area (Å²) in [5, 5.41) is 3.51. The van der Waals surface area contributed by atoms with Crippen LogP contribution in [-0.4, -0.2) is 12.6 Å². The quantitative estimate of drug-likeness (QED) is 0.809. The van der Waals surface area contributed by atoms with Gasteiger partial charge in [0.1, 0.15) is 0 Å². The molecule has 1 atom stereocenters. The van der Waals surface area contributed by atoms with Crippen molar-refractivity contribution in [2.75, 3.05) is 6.54 Å². The number of hydrogen-bond acceptors (Lipinski definition) is 1. The lowest BCUT2D eigenvalue weighted by Crippen LogP contribution is -2.33. The molecule has 0 aliphatic heterocycles. The van der Waals surface area contributed by atoms with E-state index in [0.717, 1.165) is 6.54 Å². The third-order valence-corrected chi connectivity index (χ3v) is 3.51. The van der Waals surface area contributed by atoms with Gasteiger partial charge in [0.05, 0.1) is 6.54 Å². The van der Waals surface area contributed by atoms with Crippen molar-refractivity contribution >= 4 is 0 Å². The molecule has 20 heavy (non-hydrogen) atoms. The topological polar surface area (TPSA) is 12.0 Å². The lowest BCUT2D eigenvalue weighted by molar-refractivity contribution is 0.529. The molecule has 0 amide bonds. The lowest BCUT2D eigenvalue weighted by atomic mass is 9.86. The fourth-order valence-electron chi connectivity index (χ4n) is 2.51. The minimum absolute atomic E-state index is 0.334. The zero-order chi connectivity index (χ0) is 14.2. The molecule has 0 fully saturated rings. The van der Waals surface area contributed by atoms with Crippen molar-refractivity contribution in [1.29, 1.82) is 0 Å². The van der Waals surface area contributed by atoms with Crippen LogP contribution >= 0.6 is 0 Å². The summed E-state index contributed by atoms with van der Waals surface area (Å²) < 4.78 is 0. The molecular formula is C19H21N. The zero-order valence-corrected chi connectivity index (χ0v) is 12.1. The summed E-state index contributed by atoms with van der Waals surface area (Å²) in [7, 11) is 0. The second-order valence-electron chi connectivity index (χ2n) is 4.90. The van der Waals surface area contributed by atoms with Crippen molar-refractivity contribution in [3.63, 3.8) is 0 Å². The Morgan fingerprint density at radius 1 is 0.900 bits per heavy atom. The van der Waals surface area contributed by atoms with Gasteiger partial charge in [0.2, 0.25) is 0 Å². The molecule has 1 unspecified atom stereocenters. The van der Waals surface area contributed by atoms with Crippen molar-refractivity contribution in [3.05, 3.63) is 71.8 Å². The van der Waals surface area contributed by atoms with Crippen LogP contribution in [-0.2, 0) is 0 Å². The van der Waals surface area contributed by atoms with E-state index >= 15 is 0 Å². The van der Waals surface area contributed by atoms with Crippen molar-refractivity contribution in [2.45, 2.75) is 25.8 Å². The predicted molar refractivity (Wildman–Crippen MR) is 85.6 cm³/mol. The molecule has 102 valence electrons. The maximum Gasteiger partial charge on any atom is 0.0578 e. The largest absolute Gasteiger partial charge is 0.303 e. The van der Waals surface area contributed by atoms with Crippen LogP contribution in [0.5, 0.6) is 0 Å². The molecule has 0 radical (unpaired) electrons. The fraction of sp³-hybridized carbons (Fsp3) is 0.263. The molecule has 0 spiro atoms. The zero-order valence-electron chi connectivity index (χ0n) is 12.1. The van der Waals surface area contributed by atoms with E-state index in [1.807, 2.05) is 6.92 Å². The first kappa shape index (κ1) is 14.4. The van der Waals surface area contributed by atoms with Crippen LogP contribution < -0.4 is 5.32 Å². The van der Waals surface area contributed by atoms with Crippen LogP contribution in [0.4, 0.5) is 0 Å². The molecule has 2 aromatic rings. The Balaban J connectivity index is 2.27. The highest BCUT2D eigenvalue weighted by Gasteiger charge is 2.20. The highest BCUT2D eigenvalue weighted by atomic mass is 14.9. The van der Waals surface area contributed by atoms with Gasteiger partial charge in [-0.1, -0.05) is 66.6 Å². The third kappa shape index (κ3) is 3.73. The minimum Gasteiger partial charge on any atom is -0.303 e. The molecule has 0 aliphatic carbocycles. The normalized spacial score (nSPS) is 11.8. The summed E-state index contributed by atoms with van der Waals surface area (Å²) >= 11 is 0. The van der Waals surface area contributed by atoms with Crippen molar-refractivity contribution in [2.24, 2.45) is 0 Å². The maximum atomic E-state index is 3.51. The van der Waals surface area contributed by atoms with Gasteiger partial charge < -0.3 is 5.32 Å². The Morgan fingerprint density at radius 3 is 1.85 bits per heavy atom. The van der Waals surface area contributed by atoms with Crippen LogP contribution in [0.2, 0.25) is 0 Å². The van der Waals surface area contributed by atoms with Gasteiger partial charge in [-0.05, 0) is 25.0 Å². The molecule has 1 nitrogen and oxygen atoms in total. The number of hydrogen-bond donors (Lipinski definition) is 1. The van der Waals surface area contributed by atoms with E-state index in [1.54, 1.807) is 0 Å². The van der Waals surface area contributed by atoms with Crippen molar-refractivity contribution < 1.29 is 0 Å². The first-order valence-corrected chi connectivity index (χ1v) is 7.06. The summed E-state index contributed by atoms with van der Waals surface area (Å²) in [4.78, 5) is 0. The van der Waals surface area contributed by atoms with Crippen molar-refractivity contribution in [1.82, 2.24) is 5.32 Å². The molecule has 0 heterocycles. The Kier molecular flexibility index (Phi) is 5.41. The smallest absolute Gasteiger partial charge is 0.0578 e. The van der Waals surface area contributed by atoms with Crippen LogP contribution in [0.15, 0.2) is 60.7 Å². The predicted octanol–water partition coefficient (Wildman–Crippen LogP) is 3.82. The first-order chi connectivity index (χ1) is 9.83. The van der Waals surface area contributed by atoms with Gasteiger partial charge >= 0.3 is 0 Å². The molecule has 0 saturated heterocycles. The average Bonchev–Trinajstić information content (AvgIpc) is 2.50. The van der Waals surface area contributed by atoms with Crippen LogP contribution in [0.25, 0.3) is 0 Å². The van der Waals surface area contributed by atoms with Crippen LogP contribution in [0.3, 0.4) is 0 Å². The maximum absolute atomic E-state index is 3.51. The van der Waals surface area contributed by atoms with Gasteiger partial charge in [-0.15, -0.1) is 5.92 Å². The molecule has 1 N–H and O–H groups in total. The molecule has 0 aliphatic rings. The van der Waals surface area contributed by atoms with Gasteiger partial charge in [-0.3, -0.25) is 0 Å². The monoisotopic (exact) mass is 263 g/mol. The van der Waals surface area contributed by atoms with E-state index in [2.05, 4.69) is 84.7 Å². The van der Waals surface area contributed by atoms with Gasteiger partial charge in [-0.2, -0.15) is 0 Å². The summed E-state index contributed by atoms with van der Waals surface area (Å²) in [6.07, 6.45) is 0. The van der Waals surface area contributed by atoms with E-state index in [-0.39, 0.29) is 0 Å². The highest BCUT2D eigenvalue weighted by molar-refractivity contribution is 5.34. The highest BCUT2D eigenvalue weighted by Crippen LogP contribution is 2.27. The average molecular weight is 263 g/mol. The van der Waals surface area contributed by atoms with E-state index in [4.69, 9.17) is 0 Å². The fourth-order valence-corrected chi connectivity index (χ4v) is 2.51. The van der Waals surface area contributed by atoms with Crippen molar-refractivity contribution in [3.8, 4) is 11.8 Å². The van der Waals surface area contributed by atoms with E-state index < -0.39 is 0 Å².